The summed E-state index contributed by atoms with van der Waals surface area (Å²) >= 11 is 5.96. The molecule has 2 N–H and O–H groups in total. The highest BCUT2D eigenvalue weighted by Gasteiger charge is 2.43. The summed E-state index contributed by atoms with van der Waals surface area (Å²) < 4.78 is 32.0. The van der Waals surface area contributed by atoms with Gasteiger partial charge in [0.15, 0.2) is 0 Å². The van der Waals surface area contributed by atoms with E-state index in [4.69, 9.17) is 16.3 Å². The standard InChI is InChI=1S/C17H21ClF2N2O2.ClH/c18-13-3-1-12(2-4-13)16(5-7-24-8-6-16)10-22-15(23)14-9-17(19,20)11-21-14;/h1-4,14,21H,5-11H2,(H,22,23);1H. The molecule has 0 aliphatic carbocycles. The van der Waals surface area contributed by atoms with Crippen LogP contribution in [0.4, 0.5) is 8.78 Å². The topological polar surface area (TPSA) is 50.4 Å². The van der Waals surface area contributed by atoms with E-state index < -0.39 is 24.9 Å². The second-order valence-corrected chi connectivity index (χ2v) is 7.05. The summed E-state index contributed by atoms with van der Waals surface area (Å²) in [5.74, 6) is -3.18. The van der Waals surface area contributed by atoms with Gasteiger partial charge >= 0.3 is 0 Å². The van der Waals surface area contributed by atoms with Crippen LogP contribution in [0.3, 0.4) is 0 Å². The molecular formula is C17H22Cl2F2N2O2. The molecule has 0 saturated carbocycles. The van der Waals surface area contributed by atoms with Gasteiger partial charge in [0, 0.05) is 36.6 Å². The largest absolute Gasteiger partial charge is 0.381 e. The summed E-state index contributed by atoms with van der Waals surface area (Å²) in [7, 11) is 0. The number of carbonyl (C=O) groups excluding carboxylic acids is 1. The highest BCUT2D eigenvalue weighted by Crippen LogP contribution is 2.35. The lowest BCUT2D eigenvalue weighted by Crippen LogP contribution is -2.48. The third kappa shape index (κ3) is 4.82. The number of nitrogens with one attached hydrogen (secondary N) is 2. The fourth-order valence-electron chi connectivity index (χ4n) is 3.41. The number of amides is 1. The minimum atomic E-state index is -2.81. The highest BCUT2D eigenvalue weighted by molar-refractivity contribution is 6.30. The van der Waals surface area contributed by atoms with Crippen molar-refractivity contribution in [1.29, 1.82) is 0 Å². The first-order valence-corrected chi connectivity index (χ1v) is 8.51. The SMILES string of the molecule is Cl.O=C(NCC1(c2ccc(Cl)cc2)CCOCC1)C1CC(F)(F)CN1. The van der Waals surface area contributed by atoms with Gasteiger partial charge in [-0.2, -0.15) is 0 Å². The number of rotatable bonds is 4. The lowest BCUT2D eigenvalue weighted by Gasteiger charge is -2.38. The number of carbonyl (C=O) groups is 1. The first kappa shape index (κ1) is 20.4. The predicted molar refractivity (Wildman–Crippen MR) is 94.8 cm³/mol. The van der Waals surface area contributed by atoms with Crippen molar-refractivity contribution in [3.8, 4) is 0 Å². The van der Waals surface area contributed by atoms with Crippen molar-refractivity contribution in [1.82, 2.24) is 10.6 Å². The van der Waals surface area contributed by atoms with Crippen LogP contribution in [0, 0.1) is 0 Å². The van der Waals surface area contributed by atoms with Gasteiger partial charge in [-0.05, 0) is 30.5 Å². The second-order valence-electron chi connectivity index (χ2n) is 6.61. The van der Waals surface area contributed by atoms with Crippen molar-refractivity contribution in [2.75, 3.05) is 26.3 Å². The summed E-state index contributed by atoms with van der Waals surface area (Å²) in [4.78, 5) is 12.2. The Balaban J connectivity index is 0.00000225. The van der Waals surface area contributed by atoms with Crippen LogP contribution in [0.1, 0.15) is 24.8 Å². The number of hydrogen-bond donors (Lipinski definition) is 2. The van der Waals surface area contributed by atoms with Crippen molar-refractivity contribution in [2.45, 2.75) is 36.6 Å². The van der Waals surface area contributed by atoms with Crippen molar-refractivity contribution in [2.24, 2.45) is 0 Å². The van der Waals surface area contributed by atoms with Crippen LogP contribution in [0.25, 0.3) is 0 Å². The fraction of sp³-hybridized carbons (Fsp3) is 0.588. The molecule has 1 unspecified atom stereocenters. The Labute approximate surface area is 157 Å². The molecule has 2 fully saturated rings. The summed E-state index contributed by atoms with van der Waals surface area (Å²) in [5.41, 5.74) is 0.833. The minimum Gasteiger partial charge on any atom is -0.381 e. The molecule has 3 rings (SSSR count). The normalized spacial score (nSPS) is 24.4. The lowest BCUT2D eigenvalue weighted by atomic mass is 9.74. The van der Waals surface area contributed by atoms with Gasteiger partial charge in [0.2, 0.25) is 5.91 Å². The maximum Gasteiger partial charge on any atom is 0.262 e. The molecule has 25 heavy (non-hydrogen) atoms. The molecule has 0 aromatic heterocycles. The monoisotopic (exact) mass is 394 g/mol. The zero-order chi connectivity index (χ0) is 17.2. The maximum absolute atomic E-state index is 13.3. The van der Waals surface area contributed by atoms with Gasteiger partial charge < -0.3 is 10.1 Å². The van der Waals surface area contributed by atoms with E-state index in [0.717, 1.165) is 18.4 Å². The average molecular weight is 395 g/mol. The van der Waals surface area contributed by atoms with Gasteiger partial charge in [-0.15, -0.1) is 12.4 Å². The minimum absolute atomic E-state index is 0. The van der Waals surface area contributed by atoms with Gasteiger partial charge in [0.25, 0.3) is 5.92 Å². The molecule has 2 aliphatic rings. The van der Waals surface area contributed by atoms with Crippen LogP contribution in [0.2, 0.25) is 5.02 Å². The number of hydrogen-bond acceptors (Lipinski definition) is 3. The van der Waals surface area contributed by atoms with Crippen molar-refractivity contribution in [3.63, 3.8) is 0 Å². The van der Waals surface area contributed by atoms with Gasteiger partial charge in [-0.3, -0.25) is 10.1 Å². The molecule has 4 nitrogen and oxygen atoms in total. The van der Waals surface area contributed by atoms with Crippen molar-refractivity contribution in [3.05, 3.63) is 34.9 Å². The van der Waals surface area contributed by atoms with E-state index in [0.29, 0.717) is 24.8 Å². The third-order valence-electron chi connectivity index (χ3n) is 4.93. The Morgan fingerprint density at radius 3 is 2.48 bits per heavy atom. The average Bonchev–Trinajstić information content (AvgIpc) is 2.94. The Bertz CT molecular complexity index is 593. The molecule has 1 aromatic rings. The Kier molecular flexibility index (Phi) is 6.65. The van der Waals surface area contributed by atoms with E-state index in [1.165, 1.54) is 0 Å². The molecular weight excluding hydrogens is 373 g/mol. The van der Waals surface area contributed by atoms with Gasteiger partial charge in [-0.25, -0.2) is 8.78 Å². The van der Waals surface area contributed by atoms with Crippen LogP contribution >= 0.6 is 24.0 Å². The van der Waals surface area contributed by atoms with E-state index in [1.54, 1.807) is 0 Å². The first-order chi connectivity index (χ1) is 11.4. The van der Waals surface area contributed by atoms with Crippen LogP contribution in [0.15, 0.2) is 24.3 Å². The van der Waals surface area contributed by atoms with Crippen LogP contribution in [-0.2, 0) is 14.9 Å². The quantitative estimate of drug-likeness (QED) is 0.825. The number of benzene rings is 1. The van der Waals surface area contributed by atoms with E-state index in [2.05, 4.69) is 10.6 Å². The smallest absolute Gasteiger partial charge is 0.262 e. The van der Waals surface area contributed by atoms with Crippen LogP contribution in [0.5, 0.6) is 0 Å². The molecule has 0 radical (unpaired) electrons. The van der Waals surface area contributed by atoms with E-state index in [1.807, 2.05) is 24.3 Å². The summed E-state index contributed by atoms with van der Waals surface area (Å²) in [6.45, 7) is 1.18. The molecule has 0 spiro atoms. The fourth-order valence-corrected chi connectivity index (χ4v) is 3.54. The maximum atomic E-state index is 13.3. The van der Waals surface area contributed by atoms with Gasteiger partial charge in [-0.1, -0.05) is 23.7 Å². The zero-order valence-corrected chi connectivity index (χ0v) is 15.3. The van der Waals surface area contributed by atoms with Crippen molar-refractivity contribution < 1.29 is 18.3 Å². The first-order valence-electron chi connectivity index (χ1n) is 8.13. The molecule has 1 atom stereocenters. The van der Waals surface area contributed by atoms with Gasteiger partial charge in [0.05, 0.1) is 12.6 Å². The zero-order valence-electron chi connectivity index (χ0n) is 13.7. The number of alkyl halides is 2. The summed E-state index contributed by atoms with van der Waals surface area (Å²) in [6.07, 6.45) is 1.09. The van der Waals surface area contributed by atoms with Crippen molar-refractivity contribution >= 4 is 29.9 Å². The Hall–Kier alpha value is -0.950. The molecule has 1 amide bonds. The van der Waals surface area contributed by atoms with E-state index >= 15 is 0 Å². The molecule has 1 aromatic carbocycles. The molecule has 2 saturated heterocycles. The molecule has 2 heterocycles. The Morgan fingerprint density at radius 2 is 1.92 bits per heavy atom. The lowest BCUT2D eigenvalue weighted by molar-refractivity contribution is -0.123. The van der Waals surface area contributed by atoms with E-state index in [-0.39, 0.29) is 23.7 Å². The summed E-state index contributed by atoms with van der Waals surface area (Å²) in [6, 6.07) is 6.75. The number of halogens is 4. The Morgan fingerprint density at radius 1 is 1.28 bits per heavy atom. The predicted octanol–water partition coefficient (Wildman–Crippen LogP) is 2.92. The molecule has 140 valence electrons. The third-order valence-corrected chi connectivity index (χ3v) is 5.19. The van der Waals surface area contributed by atoms with Crippen LogP contribution < -0.4 is 10.6 Å². The molecule has 8 heteroatoms. The summed E-state index contributed by atoms with van der Waals surface area (Å²) in [5, 5.41) is 6.11. The van der Waals surface area contributed by atoms with E-state index in [9.17, 15) is 13.6 Å². The van der Waals surface area contributed by atoms with Gasteiger partial charge in [0.1, 0.15) is 0 Å². The number of ether oxygens (including phenoxy) is 1. The second kappa shape index (κ2) is 8.16. The molecule has 0 bridgehead atoms. The molecule has 2 aliphatic heterocycles. The highest BCUT2D eigenvalue weighted by atomic mass is 35.5. The van der Waals surface area contributed by atoms with Crippen LogP contribution in [-0.4, -0.2) is 44.2 Å².